The van der Waals surface area contributed by atoms with Crippen LogP contribution in [0, 0.1) is 6.92 Å². The summed E-state index contributed by atoms with van der Waals surface area (Å²) in [4.78, 5) is 8.02. The van der Waals surface area contributed by atoms with E-state index in [2.05, 4.69) is 35.3 Å². The summed E-state index contributed by atoms with van der Waals surface area (Å²) >= 11 is 1.79. The Labute approximate surface area is 124 Å². The van der Waals surface area contributed by atoms with Crippen LogP contribution in [0.25, 0.3) is 0 Å². The van der Waals surface area contributed by atoms with Gasteiger partial charge < -0.3 is 9.47 Å². The van der Waals surface area contributed by atoms with E-state index in [1.54, 1.807) is 31.8 Å². The summed E-state index contributed by atoms with van der Waals surface area (Å²) in [5, 5.41) is 2.13. The van der Waals surface area contributed by atoms with Crippen LogP contribution in [-0.4, -0.2) is 31.2 Å². The monoisotopic (exact) mass is 292 g/mol. The number of nitrogens with zero attached hydrogens (tertiary/aromatic N) is 2. The van der Waals surface area contributed by atoms with Gasteiger partial charge in [-0.2, -0.15) is 0 Å². The molecule has 0 radical (unpaired) electrons. The minimum Gasteiger partial charge on any atom is -0.493 e. The van der Waals surface area contributed by atoms with Crippen molar-refractivity contribution in [3.8, 4) is 11.5 Å². The second-order valence-electron chi connectivity index (χ2n) is 4.69. The number of hydrogen-bond acceptors (Lipinski definition) is 5. The first-order valence-corrected chi connectivity index (χ1v) is 7.31. The van der Waals surface area contributed by atoms with Gasteiger partial charge in [-0.3, -0.25) is 9.88 Å². The molecule has 0 fully saturated rings. The first-order valence-electron chi connectivity index (χ1n) is 6.43. The molecule has 20 heavy (non-hydrogen) atoms. The average Bonchev–Trinajstić information content (AvgIpc) is 2.83. The second-order valence-corrected chi connectivity index (χ2v) is 5.69. The summed E-state index contributed by atoms with van der Waals surface area (Å²) < 4.78 is 10.7. The molecule has 4 nitrogen and oxygen atoms in total. The Hall–Kier alpha value is -1.59. The van der Waals surface area contributed by atoms with E-state index < -0.39 is 0 Å². The highest BCUT2D eigenvalue weighted by atomic mass is 32.1. The lowest BCUT2D eigenvalue weighted by Gasteiger charge is -2.18. The number of aryl methyl sites for hydroxylation is 1. The van der Waals surface area contributed by atoms with E-state index in [-0.39, 0.29) is 0 Å². The molecular formula is C15H20N2O2S. The maximum absolute atomic E-state index is 5.42. The van der Waals surface area contributed by atoms with Gasteiger partial charge in [0.1, 0.15) is 5.69 Å². The van der Waals surface area contributed by atoms with Crippen molar-refractivity contribution in [2.75, 3.05) is 21.3 Å². The topological polar surface area (TPSA) is 34.6 Å². The summed E-state index contributed by atoms with van der Waals surface area (Å²) in [5.74, 6) is 1.43. The lowest BCUT2D eigenvalue weighted by molar-refractivity contribution is 0.299. The molecule has 0 aromatic carbocycles. The molecule has 2 heterocycles. The van der Waals surface area contributed by atoms with Crippen LogP contribution in [0.4, 0.5) is 0 Å². The number of thiophene rings is 1. The Morgan fingerprint density at radius 3 is 2.60 bits per heavy atom. The van der Waals surface area contributed by atoms with Crippen LogP contribution in [0.15, 0.2) is 23.7 Å². The number of pyridine rings is 1. The van der Waals surface area contributed by atoms with Crippen molar-refractivity contribution in [1.29, 1.82) is 0 Å². The maximum Gasteiger partial charge on any atom is 0.183 e. The zero-order chi connectivity index (χ0) is 14.5. The van der Waals surface area contributed by atoms with Crippen molar-refractivity contribution in [2.45, 2.75) is 20.0 Å². The van der Waals surface area contributed by atoms with E-state index in [1.165, 1.54) is 10.4 Å². The van der Waals surface area contributed by atoms with Crippen LogP contribution in [0.5, 0.6) is 11.5 Å². The number of methoxy groups -OCH3 is 2. The molecule has 0 saturated heterocycles. The lowest BCUT2D eigenvalue weighted by atomic mass is 10.2. The molecule has 0 aliphatic rings. The standard InChI is InChI=1S/C15H20N2O2S/c1-11-6-8-20-14(11)10-17(2)9-12-15(19-4)13(18-3)5-7-16-12/h5-8H,9-10H2,1-4H3. The first-order chi connectivity index (χ1) is 9.65. The van der Waals surface area contributed by atoms with Crippen molar-refractivity contribution in [3.63, 3.8) is 0 Å². The molecule has 0 spiro atoms. The Bertz CT molecular complexity index is 569. The first kappa shape index (κ1) is 14.8. The third-order valence-electron chi connectivity index (χ3n) is 3.17. The van der Waals surface area contributed by atoms with Crippen LogP contribution in [-0.2, 0) is 13.1 Å². The minimum absolute atomic E-state index is 0.713. The highest BCUT2D eigenvalue weighted by Gasteiger charge is 2.13. The Kier molecular flexibility index (Phi) is 4.98. The summed E-state index contributed by atoms with van der Waals surface area (Å²) in [5.41, 5.74) is 2.23. The van der Waals surface area contributed by atoms with Gasteiger partial charge in [0.2, 0.25) is 0 Å². The quantitative estimate of drug-likeness (QED) is 0.819. The molecule has 0 amide bonds. The largest absolute Gasteiger partial charge is 0.493 e. The van der Waals surface area contributed by atoms with Gasteiger partial charge in [0.25, 0.3) is 0 Å². The molecule has 0 saturated carbocycles. The highest BCUT2D eigenvalue weighted by molar-refractivity contribution is 7.10. The normalized spacial score (nSPS) is 10.8. The van der Waals surface area contributed by atoms with E-state index in [1.807, 2.05) is 6.07 Å². The van der Waals surface area contributed by atoms with Gasteiger partial charge in [0.05, 0.1) is 14.2 Å². The summed E-state index contributed by atoms with van der Waals surface area (Å²) in [7, 11) is 5.37. The predicted molar refractivity (Wildman–Crippen MR) is 81.6 cm³/mol. The molecule has 0 aliphatic carbocycles. The van der Waals surface area contributed by atoms with E-state index in [0.29, 0.717) is 5.75 Å². The van der Waals surface area contributed by atoms with E-state index in [4.69, 9.17) is 9.47 Å². The number of hydrogen-bond donors (Lipinski definition) is 0. The van der Waals surface area contributed by atoms with E-state index >= 15 is 0 Å². The molecule has 2 aromatic heterocycles. The number of aromatic nitrogens is 1. The molecule has 2 aromatic rings. The minimum atomic E-state index is 0.713. The zero-order valence-corrected chi connectivity index (χ0v) is 13.2. The fraction of sp³-hybridized carbons (Fsp3) is 0.400. The van der Waals surface area contributed by atoms with Crippen LogP contribution in [0.1, 0.15) is 16.1 Å². The Morgan fingerprint density at radius 2 is 2.00 bits per heavy atom. The molecule has 108 valence electrons. The molecule has 0 unspecified atom stereocenters. The molecule has 5 heteroatoms. The summed E-state index contributed by atoms with van der Waals surface area (Å²) in [6, 6.07) is 3.96. The van der Waals surface area contributed by atoms with Gasteiger partial charge in [-0.05, 0) is 31.0 Å². The van der Waals surface area contributed by atoms with Gasteiger partial charge in [-0.25, -0.2) is 0 Å². The molecule has 0 bridgehead atoms. The van der Waals surface area contributed by atoms with Gasteiger partial charge in [-0.1, -0.05) is 0 Å². The van der Waals surface area contributed by atoms with Gasteiger partial charge in [0.15, 0.2) is 11.5 Å². The second kappa shape index (κ2) is 6.72. The number of rotatable bonds is 6. The SMILES string of the molecule is COc1ccnc(CN(C)Cc2sccc2C)c1OC. The van der Waals surface area contributed by atoms with E-state index in [0.717, 1.165) is 24.5 Å². The van der Waals surface area contributed by atoms with Crippen molar-refractivity contribution in [2.24, 2.45) is 0 Å². The van der Waals surface area contributed by atoms with Crippen LogP contribution < -0.4 is 9.47 Å². The van der Waals surface area contributed by atoms with Crippen LogP contribution >= 0.6 is 11.3 Å². The van der Waals surface area contributed by atoms with Crippen LogP contribution in [0.2, 0.25) is 0 Å². The molecule has 0 aliphatic heterocycles. The summed E-state index contributed by atoms with van der Waals surface area (Å²) in [6.07, 6.45) is 1.75. The van der Waals surface area contributed by atoms with Gasteiger partial charge in [-0.15, -0.1) is 11.3 Å². The molecule has 0 N–H and O–H groups in total. The van der Waals surface area contributed by atoms with E-state index in [9.17, 15) is 0 Å². The number of ether oxygens (including phenoxy) is 2. The fourth-order valence-corrected chi connectivity index (χ4v) is 3.07. The average molecular weight is 292 g/mol. The Morgan fingerprint density at radius 1 is 1.20 bits per heavy atom. The predicted octanol–water partition coefficient (Wildman–Crippen LogP) is 3.10. The molecule has 0 atom stereocenters. The smallest absolute Gasteiger partial charge is 0.183 e. The molecular weight excluding hydrogens is 272 g/mol. The van der Waals surface area contributed by atoms with Crippen molar-refractivity contribution < 1.29 is 9.47 Å². The zero-order valence-electron chi connectivity index (χ0n) is 12.3. The third-order valence-corrected chi connectivity index (χ3v) is 4.18. The maximum atomic E-state index is 5.42. The Balaban J connectivity index is 2.11. The summed E-state index contributed by atoms with van der Waals surface area (Å²) in [6.45, 7) is 3.77. The van der Waals surface area contributed by atoms with Crippen molar-refractivity contribution >= 4 is 11.3 Å². The van der Waals surface area contributed by atoms with Gasteiger partial charge >= 0.3 is 0 Å². The van der Waals surface area contributed by atoms with Crippen molar-refractivity contribution in [1.82, 2.24) is 9.88 Å². The lowest BCUT2D eigenvalue weighted by Crippen LogP contribution is -2.18. The highest BCUT2D eigenvalue weighted by Crippen LogP contribution is 2.30. The fourth-order valence-electron chi connectivity index (χ4n) is 2.09. The van der Waals surface area contributed by atoms with Crippen LogP contribution in [0.3, 0.4) is 0 Å². The van der Waals surface area contributed by atoms with Gasteiger partial charge in [0, 0.05) is 30.2 Å². The third kappa shape index (κ3) is 3.29. The molecule has 2 rings (SSSR count). The van der Waals surface area contributed by atoms with Crippen molar-refractivity contribution in [3.05, 3.63) is 39.8 Å².